The Morgan fingerprint density at radius 3 is 2.50 bits per heavy atom. The molecule has 0 aromatic heterocycles. The first-order chi connectivity index (χ1) is 8.63. The normalized spacial score (nSPS) is 11.4. The second-order valence-corrected chi connectivity index (χ2v) is 5.33. The van der Waals surface area contributed by atoms with Crippen LogP contribution >= 0.6 is 15.9 Å². The number of anilines is 1. The van der Waals surface area contributed by atoms with Gasteiger partial charge in [0.05, 0.1) is 6.61 Å². The highest BCUT2D eigenvalue weighted by atomic mass is 79.9. The minimum Gasteiger partial charge on any atom is -0.398 e. The molecule has 0 heterocycles. The third kappa shape index (κ3) is 3.97. The molecule has 0 aliphatic heterocycles. The zero-order valence-electron chi connectivity index (χ0n) is 11.2. The maximum absolute atomic E-state index is 9.21. The number of hydrogen-bond donors (Lipinski definition) is 2. The number of nitrogens with two attached hydrogens (primary N) is 1. The van der Waals surface area contributed by atoms with E-state index in [1.165, 1.54) is 0 Å². The van der Waals surface area contributed by atoms with E-state index in [4.69, 9.17) is 5.73 Å². The molecule has 0 unspecified atom stereocenters. The molecular weight excluding hydrogens is 292 g/mol. The Labute approximate surface area is 118 Å². The van der Waals surface area contributed by atoms with Crippen LogP contribution in [0.4, 0.5) is 5.69 Å². The van der Waals surface area contributed by atoms with Gasteiger partial charge in [-0.05, 0) is 25.0 Å². The number of nitrogen functional groups attached to an aromatic ring is 1. The molecule has 1 rings (SSSR count). The van der Waals surface area contributed by atoms with Crippen molar-refractivity contribution < 1.29 is 5.11 Å². The zero-order chi connectivity index (χ0) is 13.5. The molecule has 1 aromatic carbocycles. The molecular formula is C14H23BrN2O. The number of nitrogens with zero attached hydrogens (tertiary/aromatic N) is 1. The molecule has 0 saturated carbocycles. The Balaban J connectivity index is 2.89. The van der Waals surface area contributed by atoms with E-state index >= 15 is 0 Å². The predicted molar refractivity (Wildman–Crippen MR) is 80.4 cm³/mol. The fourth-order valence-corrected chi connectivity index (χ4v) is 2.78. The fourth-order valence-electron chi connectivity index (χ4n) is 2.27. The van der Waals surface area contributed by atoms with Crippen molar-refractivity contribution in [2.75, 3.05) is 18.9 Å². The molecule has 0 amide bonds. The molecule has 0 radical (unpaired) electrons. The first kappa shape index (κ1) is 15.5. The van der Waals surface area contributed by atoms with Gasteiger partial charge in [-0.25, -0.2) is 0 Å². The lowest BCUT2D eigenvalue weighted by atomic mass is 10.1. The Bertz CT molecular complexity index is 347. The average molecular weight is 315 g/mol. The lowest BCUT2D eigenvalue weighted by Crippen LogP contribution is -2.36. The van der Waals surface area contributed by atoms with Gasteiger partial charge < -0.3 is 10.8 Å². The smallest absolute Gasteiger partial charge is 0.0558 e. The van der Waals surface area contributed by atoms with Crippen LogP contribution in [0.1, 0.15) is 32.3 Å². The summed E-state index contributed by atoms with van der Waals surface area (Å²) in [5.41, 5.74) is 7.94. The van der Waals surface area contributed by atoms with Gasteiger partial charge in [0.25, 0.3) is 0 Å². The lowest BCUT2D eigenvalue weighted by molar-refractivity contribution is 0.136. The molecule has 0 fully saturated rings. The number of benzene rings is 1. The Kier molecular flexibility index (Phi) is 6.68. The number of halogens is 1. The van der Waals surface area contributed by atoms with Gasteiger partial charge in [-0.2, -0.15) is 0 Å². The highest BCUT2D eigenvalue weighted by molar-refractivity contribution is 9.10. The highest BCUT2D eigenvalue weighted by Crippen LogP contribution is 2.25. The minimum absolute atomic E-state index is 0.181. The summed E-state index contributed by atoms with van der Waals surface area (Å²) in [7, 11) is 0. The van der Waals surface area contributed by atoms with E-state index < -0.39 is 0 Å². The van der Waals surface area contributed by atoms with E-state index in [9.17, 15) is 5.11 Å². The highest BCUT2D eigenvalue weighted by Gasteiger charge is 2.17. The van der Waals surface area contributed by atoms with Gasteiger partial charge in [-0.15, -0.1) is 0 Å². The van der Waals surface area contributed by atoms with Crippen molar-refractivity contribution >= 4 is 21.6 Å². The first-order valence-corrected chi connectivity index (χ1v) is 7.31. The van der Waals surface area contributed by atoms with E-state index in [2.05, 4.69) is 34.7 Å². The van der Waals surface area contributed by atoms with Crippen LogP contribution in [0.15, 0.2) is 22.7 Å². The van der Waals surface area contributed by atoms with Crippen LogP contribution in [0.5, 0.6) is 0 Å². The molecule has 0 atom stereocenters. The van der Waals surface area contributed by atoms with Gasteiger partial charge in [0.15, 0.2) is 0 Å². The van der Waals surface area contributed by atoms with Crippen molar-refractivity contribution in [2.24, 2.45) is 0 Å². The molecule has 0 saturated heterocycles. The van der Waals surface area contributed by atoms with Crippen molar-refractivity contribution in [2.45, 2.75) is 39.3 Å². The number of aliphatic hydroxyl groups is 1. The van der Waals surface area contributed by atoms with Crippen LogP contribution in [0.3, 0.4) is 0 Å². The van der Waals surface area contributed by atoms with Crippen molar-refractivity contribution in [1.82, 2.24) is 4.90 Å². The Morgan fingerprint density at radius 2 is 2.00 bits per heavy atom. The standard InChI is InChI=1S/C14H23BrN2O/c1-3-11(4-2)17(8-9-18)10-12-13(15)6-5-7-14(12)16/h5-7,11,18H,3-4,8-10,16H2,1-2H3. The summed E-state index contributed by atoms with van der Waals surface area (Å²) >= 11 is 3.55. The third-order valence-corrected chi connectivity index (χ3v) is 4.11. The van der Waals surface area contributed by atoms with Gasteiger partial charge in [-0.1, -0.05) is 35.8 Å². The van der Waals surface area contributed by atoms with E-state index in [1.807, 2.05) is 18.2 Å². The average Bonchev–Trinajstić information content (AvgIpc) is 2.35. The van der Waals surface area contributed by atoms with Crippen LogP contribution in [-0.4, -0.2) is 29.2 Å². The molecule has 0 aliphatic rings. The topological polar surface area (TPSA) is 49.5 Å². The van der Waals surface area contributed by atoms with Crippen LogP contribution in [0.2, 0.25) is 0 Å². The fraction of sp³-hybridized carbons (Fsp3) is 0.571. The van der Waals surface area contributed by atoms with Crippen LogP contribution in [0, 0.1) is 0 Å². The molecule has 0 aliphatic carbocycles. The molecule has 102 valence electrons. The molecule has 3 N–H and O–H groups in total. The summed E-state index contributed by atoms with van der Waals surface area (Å²) in [5.74, 6) is 0. The Morgan fingerprint density at radius 1 is 1.33 bits per heavy atom. The second kappa shape index (κ2) is 7.77. The van der Waals surface area contributed by atoms with Gasteiger partial charge in [0.1, 0.15) is 0 Å². The largest absolute Gasteiger partial charge is 0.398 e. The second-order valence-electron chi connectivity index (χ2n) is 4.47. The van der Waals surface area contributed by atoms with E-state index in [0.717, 1.165) is 35.1 Å². The van der Waals surface area contributed by atoms with Gasteiger partial charge in [0.2, 0.25) is 0 Å². The summed E-state index contributed by atoms with van der Waals surface area (Å²) in [6.45, 7) is 6.01. The van der Waals surface area contributed by atoms with Crippen LogP contribution < -0.4 is 5.73 Å². The molecule has 0 bridgehead atoms. The van der Waals surface area contributed by atoms with Crippen molar-refractivity contribution in [3.63, 3.8) is 0 Å². The van der Waals surface area contributed by atoms with Gasteiger partial charge >= 0.3 is 0 Å². The van der Waals surface area contributed by atoms with Crippen molar-refractivity contribution in [3.8, 4) is 0 Å². The minimum atomic E-state index is 0.181. The molecule has 18 heavy (non-hydrogen) atoms. The van der Waals surface area contributed by atoms with Crippen LogP contribution in [0.25, 0.3) is 0 Å². The quantitative estimate of drug-likeness (QED) is 0.761. The zero-order valence-corrected chi connectivity index (χ0v) is 12.8. The van der Waals surface area contributed by atoms with Crippen LogP contribution in [-0.2, 0) is 6.54 Å². The van der Waals surface area contributed by atoms with E-state index in [0.29, 0.717) is 12.6 Å². The van der Waals surface area contributed by atoms with E-state index in [-0.39, 0.29) is 6.61 Å². The maximum Gasteiger partial charge on any atom is 0.0558 e. The van der Waals surface area contributed by atoms with Gasteiger partial charge in [-0.3, -0.25) is 4.90 Å². The third-order valence-electron chi connectivity index (χ3n) is 3.36. The number of rotatable bonds is 7. The molecule has 4 heteroatoms. The molecule has 3 nitrogen and oxygen atoms in total. The summed E-state index contributed by atoms with van der Waals surface area (Å²) < 4.78 is 1.04. The monoisotopic (exact) mass is 314 g/mol. The maximum atomic E-state index is 9.21. The Hall–Kier alpha value is -0.580. The van der Waals surface area contributed by atoms with Crippen molar-refractivity contribution in [3.05, 3.63) is 28.2 Å². The number of aliphatic hydroxyl groups excluding tert-OH is 1. The van der Waals surface area contributed by atoms with Crippen molar-refractivity contribution in [1.29, 1.82) is 0 Å². The summed E-state index contributed by atoms with van der Waals surface area (Å²) in [4.78, 5) is 2.30. The first-order valence-electron chi connectivity index (χ1n) is 6.51. The van der Waals surface area contributed by atoms with E-state index in [1.54, 1.807) is 0 Å². The lowest BCUT2D eigenvalue weighted by Gasteiger charge is -2.30. The molecule has 0 spiro atoms. The SMILES string of the molecule is CCC(CC)N(CCO)Cc1c(N)cccc1Br. The predicted octanol–water partition coefficient (Wildman–Crippen LogP) is 3.01. The summed E-state index contributed by atoms with van der Waals surface area (Å²) in [6, 6.07) is 6.36. The summed E-state index contributed by atoms with van der Waals surface area (Å²) in [5, 5.41) is 9.21. The molecule has 1 aromatic rings. The van der Waals surface area contributed by atoms with Gasteiger partial charge in [0, 0.05) is 34.9 Å². The summed E-state index contributed by atoms with van der Waals surface area (Å²) in [6.07, 6.45) is 2.17. The number of hydrogen-bond acceptors (Lipinski definition) is 3.